The highest BCUT2D eigenvalue weighted by atomic mass is 35.5. The van der Waals surface area contributed by atoms with Gasteiger partial charge < -0.3 is 10.6 Å². The Bertz CT molecular complexity index is 475. The van der Waals surface area contributed by atoms with Crippen LogP contribution in [0.2, 0.25) is 15.1 Å². The van der Waals surface area contributed by atoms with Crippen molar-refractivity contribution in [3.8, 4) is 0 Å². The molecule has 3 nitrogen and oxygen atoms in total. The van der Waals surface area contributed by atoms with Crippen molar-refractivity contribution in [2.75, 3.05) is 11.9 Å². The van der Waals surface area contributed by atoms with Crippen molar-refractivity contribution in [1.82, 2.24) is 5.32 Å². The lowest BCUT2D eigenvalue weighted by Gasteiger charge is -2.24. The van der Waals surface area contributed by atoms with E-state index in [-0.39, 0.29) is 18.0 Å². The number of halogens is 3. The van der Waals surface area contributed by atoms with Crippen LogP contribution in [-0.4, -0.2) is 18.0 Å². The zero-order valence-corrected chi connectivity index (χ0v) is 13.4. The van der Waals surface area contributed by atoms with Crippen molar-refractivity contribution >= 4 is 46.4 Å². The molecular formula is C13H17Cl3N2O. The lowest BCUT2D eigenvalue weighted by Crippen LogP contribution is -2.43. The fourth-order valence-corrected chi connectivity index (χ4v) is 1.85. The van der Waals surface area contributed by atoms with E-state index in [0.717, 1.165) is 6.42 Å². The molecule has 19 heavy (non-hydrogen) atoms. The zero-order chi connectivity index (χ0) is 14.6. The maximum Gasteiger partial charge on any atom is 0.238 e. The summed E-state index contributed by atoms with van der Waals surface area (Å²) in [7, 11) is 0. The Balaban J connectivity index is 2.65. The number of amides is 1. The molecule has 1 aromatic carbocycles. The molecule has 1 amide bonds. The van der Waals surface area contributed by atoms with Gasteiger partial charge in [0.2, 0.25) is 5.91 Å². The molecule has 0 saturated carbocycles. The van der Waals surface area contributed by atoms with Crippen LogP contribution >= 0.6 is 34.8 Å². The summed E-state index contributed by atoms with van der Waals surface area (Å²) in [6, 6.07) is 3.04. The van der Waals surface area contributed by atoms with Gasteiger partial charge >= 0.3 is 0 Å². The van der Waals surface area contributed by atoms with Gasteiger partial charge in [-0.2, -0.15) is 0 Å². The normalized spacial score (nSPS) is 11.5. The monoisotopic (exact) mass is 322 g/mol. The standard InChI is InChI=1S/C13H17Cl3N2O/c1-4-13(2,3)17-7-12(19)18-11-6-9(15)8(14)5-10(11)16/h5-6,17H,4,7H2,1-3H3,(H,18,19). The molecule has 0 aromatic heterocycles. The van der Waals surface area contributed by atoms with E-state index >= 15 is 0 Å². The number of hydrogen-bond donors (Lipinski definition) is 2. The molecule has 0 atom stereocenters. The Morgan fingerprint density at radius 3 is 2.32 bits per heavy atom. The third-order valence-corrected chi connectivity index (χ3v) is 3.93. The smallest absolute Gasteiger partial charge is 0.238 e. The minimum atomic E-state index is -0.179. The molecule has 0 radical (unpaired) electrons. The van der Waals surface area contributed by atoms with Crippen LogP contribution in [0, 0.1) is 0 Å². The Morgan fingerprint density at radius 2 is 1.74 bits per heavy atom. The van der Waals surface area contributed by atoms with Crippen molar-refractivity contribution in [3.63, 3.8) is 0 Å². The number of nitrogens with one attached hydrogen (secondary N) is 2. The number of rotatable bonds is 5. The van der Waals surface area contributed by atoms with E-state index in [1.165, 1.54) is 12.1 Å². The number of carbonyl (C=O) groups is 1. The third-order valence-electron chi connectivity index (χ3n) is 2.90. The van der Waals surface area contributed by atoms with E-state index in [9.17, 15) is 4.79 Å². The average Bonchev–Trinajstić information content (AvgIpc) is 2.34. The summed E-state index contributed by atoms with van der Waals surface area (Å²) in [5.74, 6) is -0.179. The minimum absolute atomic E-state index is 0.0845. The predicted molar refractivity (Wildman–Crippen MR) is 82.5 cm³/mol. The van der Waals surface area contributed by atoms with Crippen molar-refractivity contribution in [2.45, 2.75) is 32.7 Å². The molecule has 0 spiro atoms. The Kier molecular flexibility index (Phi) is 5.93. The SMILES string of the molecule is CCC(C)(C)NCC(=O)Nc1cc(Cl)c(Cl)cc1Cl. The second-order valence-corrected chi connectivity index (χ2v) is 6.11. The quantitative estimate of drug-likeness (QED) is 0.790. The van der Waals surface area contributed by atoms with Crippen LogP contribution in [0.4, 0.5) is 5.69 Å². The van der Waals surface area contributed by atoms with Gasteiger partial charge in [0.05, 0.1) is 27.3 Å². The second-order valence-electron chi connectivity index (χ2n) is 4.89. The molecule has 0 aliphatic heterocycles. The summed E-state index contributed by atoms with van der Waals surface area (Å²) in [5.41, 5.74) is 0.371. The summed E-state index contributed by atoms with van der Waals surface area (Å²) < 4.78 is 0. The zero-order valence-electron chi connectivity index (χ0n) is 11.1. The van der Waals surface area contributed by atoms with Gasteiger partial charge in [-0.25, -0.2) is 0 Å². The summed E-state index contributed by atoms with van der Waals surface area (Å²) in [5, 5.41) is 6.92. The summed E-state index contributed by atoms with van der Waals surface area (Å²) >= 11 is 17.7. The lowest BCUT2D eigenvalue weighted by molar-refractivity contribution is -0.115. The first-order valence-corrected chi connectivity index (χ1v) is 7.08. The molecule has 0 aliphatic rings. The molecule has 0 saturated heterocycles. The van der Waals surface area contributed by atoms with Crippen molar-refractivity contribution < 1.29 is 4.79 Å². The van der Waals surface area contributed by atoms with Crippen molar-refractivity contribution in [1.29, 1.82) is 0 Å². The second kappa shape index (κ2) is 6.80. The van der Waals surface area contributed by atoms with Crippen LogP contribution in [0.1, 0.15) is 27.2 Å². The highest BCUT2D eigenvalue weighted by Crippen LogP contribution is 2.32. The van der Waals surface area contributed by atoms with Crippen molar-refractivity contribution in [2.24, 2.45) is 0 Å². The van der Waals surface area contributed by atoms with Crippen LogP contribution in [0.15, 0.2) is 12.1 Å². The molecule has 106 valence electrons. The maximum atomic E-state index is 11.8. The Labute approximate surface area is 128 Å². The molecule has 1 rings (SSSR count). The first kappa shape index (κ1) is 16.6. The van der Waals surface area contributed by atoms with Gasteiger partial charge in [0, 0.05) is 5.54 Å². The number of carbonyl (C=O) groups excluding carboxylic acids is 1. The van der Waals surface area contributed by atoms with E-state index in [2.05, 4.69) is 17.6 Å². The summed E-state index contributed by atoms with van der Waals surface area (Å²) in [6.45, 7) is 6.33. The highest BCUT2D eigenvalue weighted by molar-refractivity contribution is 6.44. The summed E-state index contributed by atoms with van der Waals surface area (Å²) in [6.07, 6.45) is 0.924. The summed E-state index contributed by atoms with van der Waals surface area (Å²) in [4.78, 5) is 11.8. The molecule has 1 aromatic rings. The van der Waals surface area contributed by atoms with E-state index < -0.39 is 0 Å². The van der Waals surface area contributed by atoms with Gasteiger partial charge in [0.1, 0.15) is 0 Å². The molecule has 0 bridgehead atoms. The molecule has 6 heteroatoms. The van der Waals surface area contributed by atoms with Gasteiger partial charge in [0.15, 0.2) is 0 Å². The topological polar surface area (TPSA) is 41.1 Å². The van der Waals surface area contributed by atoms with Gasteiger partial charge in [-0.05, 0) is 32.4 Å². The van der Waals surface area contributed by atoms with E-state index in [1.54, 1.807) is 0 Å². The molecule has 0 fully saturated rings. The number of anilines is 1. The fraction of sp³-hybridized carbons (Fsp3) is 0.462. The molecule has 2 N–H and O–H groups in total. The number of hydrogen-bond acceptors (Lipinski definition) is 2. The maximum absolute atomic E-state index is 11.8. The van der Waals surface area contributed by atoms with Gasteiger partial charge in [0.25, 0.3) is 0 Å². The molecule has 0 heterocycles. The largest absolute Gasteiger partial charge is 0.324 e. The molecule has 0 unspecified atom stereocenters. The van der Waals surface area contributed by atoms with Crippen LogP contribution in [0.5, 0.6) is 0 Å². The predicted octanol–water partition coefficient (Wildman–Crippen LogP) is 4.36. The van der Waals surface area contributed by atoms with Gasteiger partial charge in [-0.15, -0.1) is 0 Å². The van der Waals surface area contributed by atoms with Crippen LogP contribution < -0.4 is 10.6 Å². The van der Waals surface area contributed by atoms with Crippen LogP contribution in [0.3, 0.4) is 0 Å². The highest BCUT2D eigenvalue weighted by Gasteiger charge is 2.16. The number of benzene rings is 1. The Hall–Kier alpha value is -0.480. The first-order valence-electron chi connectivity index (χ1n) is 5.94. The van der Waals surface area contributed by atoms with Gasteiger partial charge in [-0.1, -0.05) is 41.7 Å². The first-order chi connectivity index (χ1) is 8.75. The van der Waals surface area contributed by atoms with Crippen molar-refractivity contribution in [3.05, 3.63) is 27.2 Å². The van der Waals surface area contributed by atoms with E-state index in [4.69, 9.17) is 34.8 Å². The third kappa shape index (κ3) is 5.19. The average molecular weight is 324 g/mol. The Morgan fingerprint density at radius 1 is 1.16 bits per heavy atom. The lowest BCUT2D eigenvalue weighted by atomic mass is 10.0. The molecule has 0 aliphatic carbocycles. The fourth-order valence-electron chi connectivity index (χ4n) is 1.26. The molecular weight excluding hydrogens is 307 g/mol. The van der Waals surface area contributed by atoms with Crippen LogP contribution in [-0.2, 0) is 4.79 Å². The van der Waals surface area contributed by atoms with E-state index in [0.29, 0.717) is 20.8 Å². The van der Waals surface area contributed by atoms with E-state index in [1.807, 2.05) is 13.8 Å². The minimum Gasteiger partial charge on any atom is -0.324 e. The van der Waals surface area contributed by atoms with Gasteiger partial charge in [-0.3, -0.25) is 4.79 Å². The van der Waals surface area contributed by atoms with Crippen LogP contribution in [0.25, 0.3) is 0 Å².